The molecule has 0 unspecified atom stereocenters. The van der Waals surface area contributed by atoms with Crippen molar-refractivity contribution in [1.82, 2.24) is 4.98 Å². The molecule has 0 aliphatic carbocycles. The predicted octanol–water partition coefficient (Wildman–Crippen LogP) is 5.00. The van der Waals surface area contributed by atoms with Gasteiger partial charge in [0.2, 0.25) is 0 Å². The summed E-state index contributed by atoms with van der Waals surface area (Å²) in [4.78, 5) is 19.7. The third-order valence-electron chi connectivity index (χ3n) is 3.53. The Hall–Kier alpha value is -3.06. The topological polar surface area (TPSA) is 105 Å². The Morgan fingerprint density at radius 2 is 2.11 bits per heavy atom. The molecule has 2 N–H and O–H groups in total. The summed E-state index contributed by atoms with van der Waals surface area (Å²) in [7, 11) is 0. The SMILES string of the molecule is [N-]=C=C(C=Nc1ccc(O)c(C(=O)O)c1)c1nc(-c2cccc(Br)c2)cs1. The van der Waals surface area contributed by atoms with Crippen LogP contribution in [-0.4, -0.2) is 33.3 Å². The lowest BCUT2D eigenvalue weighted by molar-refractivity contribution is 0.0694. The fourth-order valence-electron chi connectivity index (χ4n) is 2.22. The van der Waals surface area contributed by atoms with E-state index in [1.807, 2.05) is 29.6 Å². The number of thiazole rings is 1. The van der Waals surface area contributed by atoms with E-state index >= 15 is 0 Å². The molecule has 0 aliphatic rings. The monoisotopic (exact) mass is 440 g/mol. The van der Waals surface area contributed by atoms with Crippen LogP contribution in [0.5, 0.6) is 5.75 Å². The average molecular weight is 441 g/mol. The third kappa shape index (κ3) is 4.38. The van der Waals surface area contributed by atoms with E-state index in [9.17, 15) is 15.3 Å². The number of carboxylic acids is 1. The first-order valence-electron chi connectivity index (χ1n) is 7.57. The van der Waals surface area contributed by atoms with E-state index in [0.717, 1.165) is 15.7 Å². The van der Waals surface area contributed by atoms with Gasteiger partial charge in [-0.3, -0.25) is 10.9 Å². The molecule has 0 saturated carbocycles. The van der Waals surface area contributed by atoms with E-state index in [2.05, 4.69) is 31.8 Å². The van der Waals surface area contributed by atoms with Crippen LogP contribution in [0.15, 0.2) is 57.3 Å². The Morgan fingerprint density at radius 3 is 2.81 bits per heavy atom. The standard InChI is InChI=1S/C19H11BrN3O3S/c20-13-3-1-2-11(6-13)16-10-27-18(23-16)12(8-21)9-22-14-4-5-17(24)15(7-14)19(25)26/h1-7,9-10,24H,(H,25,26)/q-1. The summed E-state index contributed by atoms with van der Waals surface area (Å²) in [5.41, 5.74) is 1.98. The van der Waals surface area contributed by atoms with Crippen LogP contribution in [0.4, 0.5) is 5.69 Å². The highest BCUT2D eigenvalue weighted by atomic mass is 79.9. The van der Waals surface area contributed by atoms with E-state index in [1.165, 1.54) is 35.8 Å². The molecular formula is C19H11BrN3O3S-. The number of hydrogen-bond donors (Lipinski definition) is 2. The van der Waals surface area contributed by atoms with Gasteiger partial charge in [-0.25, -0.2) is 9.78 Å². The minimum absolute atomic E-state index is 0.255. The molecule has 27 heavy (non-hydrogen) atoms. The highest BCUT2D eigenvalue weighted by molar-refractivity contribution is 9.10. The van der Waals surface area contributed by atoms with Crippen molar-refractivity contribution in [2.24, 2.45) is 4.99 Å². The van der Waals surface area contributed by atoms with Crippen LogP contribution in [0.25, 0.3) is 22.2 Å². The smallest absolute Gasteiger partial charge is 0.339 e. The predicted molar refractivity (Wildman–Crippen MR) is 110 cm³/mol. The van der Waals surface area contributed by atoms with E-state index < -0.39 is 5.97 Å². The lowest BCUT2D eigenvalue weighted by atomic mass is 10.2. The summed E-state index contributed by atoms with van der Waals surface area (Å²) in [6, 6.07) is 11.6. The normalized spacial score (nSPS) is 10.7. The first-order chi connectivity index (χ1) is 13.0. The first-order valence-corrected chi connectivity index (χ1v) is 9.24. The van der Waals surface area contributed by atoms with E-state index in [4.69, 9.17) is 5.11 Å². The summed E-state index contributed by atoms with van der Waals surface area (Å²) in [5.74, 6) is 0.454. The zero-order valence-electron chi connectivity index (χ0n) is 13.6. The van der Waals surface area contributed by atoms with Crippen LogP contribution in [0.2, 0.25) is 0 Å². The van der Waals surface area contributed by atoms with Crippen molar-refractivity contribution in [3.05, 3.63) is 68.3 Å². The van der Waals surface area contributed by atoms with Crippen molar-refractivity contribution in [2.75, 3.05) is 0 Å². The van der Waals surface area contributed by atoms with Gasteiger partial charge in [-0.15, -0.1) is 11.3 Å². The van der Waals surface area contributed by atoms with Gasteiger partial charge in [0.15, 0.2) is 0 Å². The Balaban J connectivity index is 1.87. The second-order valence-electron chi connectivity index (χ2n) is 5.34. The lowest BCUT2D eigenvalue weighted by Gasteiger charge is -2.01. The van der Waals surface area contributed by atoms with Crippen LogP contribution < -0.4 is 0 Å². The number of nitrogens with zero attached hydrogens (tertiary/aromatic N) is 3. The average Bonchev–Trinajstić information content (AvgIpc) is 3.13. The molecule has 0 amide bonds. The van der Waals surface area contributed by atoms with E-state index in [-0.39, 0.29) is 16.9 Å². The molecule has 1 heterocycles. The molecule has 0 saturated heterocycles. The number of aromatic nitrogens is 1. The van der Waals surface area contributed by atoms with E-state index in [1.54, 1.807) is 0 Å². The number of halogens is 1. The third-order valence-corrected chi connectivity index (χ3v) is 4.90. The largest absolute Gasteiger partial charge is 0.763 e. The second-order valence-corrected chi connectivity index (χ2v) is 7.11. The summed E-state index contributed by atoms with van der Waals surface area (Å²) in [6.07, 6.45) is 1.33. The highest BCUT2D eigenvalue weighted by Crippen LogP contribution is 2.27. The van der Waals surface area contributed by atoms with Gasteiger partial charge >= 0.3 is 5.97 Å². The van der Waals surface area contributed by atoms with Gasteiger partial charge in [0.1, 0.15) is 16.3 Å². The van der Waals surface area contributed by atoms with Gasteiger partial charge in [-0.1, -0.05) is 28.1 Å². The first kappa shape index (κ1) is 18.7. The van der Waals surface area contributed by atoms with Crippen LogP contribution in [0, 0.1) is 0 Å². The Kier molecular flexibility index (Phi) is 5.61. The van der Waals surface area contributed by atoms with Gasteiger partial charge in [0.05, 0.1) is 11.4 Å². The van der Waals surface area contributed by atoms with Crippen molar-refractivity contribution in [2.45, 2.75) is 0 Å². The summed E-state index contributed by atoms with van der Waals surface area (Å²) < 4.78 is 0.933. The molecule has 0 fully saturated rings. The fraction of sp³-hybridized carbons (Fsp3) is 0. The lowest BCUT2D eigenvalue weighted by Crippen LogP contribution is -1.96. The van der Waals surface area contributed by atoms with Gasteiger partial charge < -0.3 is 15.6 Å². The number of phenols is 1. The number of allylic oxidation sites excluding steroid dienone is 1. The van der Waals surface area contributed by atoms with Crippen molar-refractivity contribution in [3.63, 3.8) is 0 Å². The Bertz CT molecular complexity index is 1100. The van der Waals surface area contributed by atoms with Crippen LogP contribution in [0.1, 0.15) is 15.4 Å². The maximum atomic E-state index is 11.1. The number of hydrogen-bond acceptors (Lipinski definition) is 5. The molecule has 8 heteroatoms. The van der Waals surface area contributed by atoms with Gasteiger partial charge in [0, 0.05) is 27.2 Å². The summed E-state index contributed by atoms with van der Waals surface area (Å²) in [5, 5.41) is 30.4. The minimum Gasteiger partial charge on any atom is -0.763 e. The molecule has 134 valence electrons. The Labute approximate surface area is 166 Å². The zero-order valence-corrected chi connectivity index (χ0v) is 16.0. The van der Waals surface area contributed by atoms with Crippen molar-refractivity contribution >= 4 is 56.6 Å². The molecule has 0 bridgehead atoms. The molecule has 3 aromatic rings. The number of aromatic carboxylic acids is 1. The van der Waals surface area contributed by atoms with Gasteiger partial charge in [0.25, 0.3) is 0 Å². The maximum Gasteiger partial charge on any atom is 0.339 e. The number of carbonyl (C=O) groups is 1. The van der Waals surface area contributed by atoms with Crippen LogP contribution >= 0.6 is 27.3 Å². The number of benzene rings is 2. The number of rotatable bonds is 5. The molecule has 6 nitrogen and oxygen atoms in total. The minimum atomic E-state index is -1.26. The van der Waals surface area contributed by atoms with Crippen LogP contribution in [-0.2, 0) is 0 Å². The summed E-state index contributed by atoms with van der Waals surface area (Å²) in [6.45, 7) is 0. The Morgan fingerprint density at radius 1 is 1.30 bits per heavy atom. The van der Waals surface area contributed by atoms with Crippen LogP contribution in [0.3, 0.4) is 0 Å². The molecule has 0 radical (unpaired) electrons. The van der Waals surface area contributed by atoms with Gasteiger partial charge in [-0.05, 0) is 30.3 Å². The molecule has 0 spiro atoms. The molecule has 0 atom stereocenters. The summed E-state index contributed by atoms with van der Waals surface area (Å²) >= 11 is 4.74. The number of aromatic hydroxyl groups is 1. The molecule has 0 aliphatic heterocycles. The van der Waals surface area contributed by atoms with E-state index in [0.29, 0.717) is 10.7 Å². The van der Waals surface area contributed by atoms with Crippen molar-refractivity contribution in [1.29, 1.82) is 0 Å². The van der Waals surface area contributed by atoms with Crippen molar-refractivity contribution < 1.29 is 15.0 Å². The quantitative estimate of drug-likeness (QED) is 0.544. The second kappa shape index (κ2) is 8.09. The fourth-order valence-corrected chi connectivity index (χ4v) is 3.41. The van der Waals surface area contributed by atoms with Gasteiger partial charge in [-0.2, -0.15) is 0 Å². The molecule has 3 rings (SSSR count). The molecular weight excluding hydrogens is 430 g/mol. The number of aliphatic imine (C=N–C) groups is 1. The zero-order chi connectivity index (χ0) is 19.4. The highest BCUT2D eigenvalue weighted by Gasteiger charge is 2.10. The van der Waals surface area contributed by atoms with Crippen molar-refractivity contribution in [3.8, 4) is 17.0 Å². The maximum absolute atomic E-state index is 11.1. The number of carboxylic acid groups (broad SMARTS) is 1. The molecule has 1 aromatic heterocycles. The molecule has 2 aromatic carbocycles.